The zero-order valence-corrected chi connectivity index (χ0v) is 12.2. The van der Waals surface area contributed by atoms with Crippen LogP contribution in [0, 0.1) is 0 Å². The molecule has 5 heteroatoms. The number of nitrogens with zero attached hydrogens (tertiary/aromatic N) is 4. The van der Waals surface area contributed by atoms with E-state index >= 15 is 0 Å². The number of aromatic nitrogens is 5. The summed E-state index contributed by atoms with van der Waals surface area (Å²) in [7, 11) is 0. The van der Waals surface area contributed by atoms with Gasteiger partial charge in [-0.15, -0.1) is 0 Å². The molecule has 0 spiro atoms. The van der Waals surface area contributed by atoms with Crippen molar-refractivity contribution in [1.82, 2.24) is 25.1 Å². The minimum absolute atomic E-state index is 0.640. The Labute approximate surface area is 133 Å². The number of hydrogen-bond acceptors (Lipinski definition) is 4. The fourth-order valence-electron chi connectivity index (χ4n) is 2.32. The van der Waals surface area contributed by atoms with Crippen LogP contribution < -0.4 is 0 Å². The predicted octanol–water partition coefficient (Wildman–Crippen LogP) is 3.60. The lowest BCUT2D eigenvalue weighted by molar-refractivity contribution is 1.09. The maximum atomic E-state index is 4.62. The number of hydrogen-bond donors (Lipinski definition) is 1. The molecule has 4 aromatic rings. The van der Waals surface area contributed by atoms with Crippen LogP contribution in [0.4, 0.5) is 0 Å². The molecule has 1 aromatic carbocycles. The van der Waals surface area contributed by atoms with Crippen LogP contribution in [0.25, 0.3) is 34.3 Å². The number of benzene rings is 1. The van der Waals surface area contributed by atoms with Gasteiger partial charge in [0.2, 0.25) is 0 Å². The molecular weight excluding hydrogens is 286 g/mol. The van der Waals surface area contributed by atoms with E-state index in [2.05, 4.69) is 25.1 Å². The summed E-state index contributed by atoms with van der Waals surface area (Å²) in [6.07, 6.45) is 1.76. The average molecular weight is 299 g/mol. The van der Waals surface area contributed by atoms with Crippen LogP contribution in [-0.2, 0) is 0 Å². The van der Waals surface area contributed by atoms with Crippen molar-refractivity contribution in [2.45, 2.75) is 0 Å². The number of aromatic amines is 1. The Bertz CT molecular complexity index is 916. The standard InChI is InChI=1S/C18H13N5/c1-2-7-13(8-3-1)17-21-18(23-22-17)16-11-6-10-15(20-16)14-9-4-5-12-19-14/h1-12H,(H,21,22,23). The first kappa shape index (κ1) is 13.3. The largest absolute Gasteiger partial charge is 0.257 e. The van der Waals surface area contributed by atoms with Crippen molar-refractivity contribution < 1.29 is 0 Å². The molecule has 0 radical (unpaired) electrons. The molecule has 3 aromatic heterocycles. The number of H-pyrrole nitrogens is 1. The first-order valence-electron chi connectivity index (χ1n) is 7.27. The second-order valence-corrected chi connectivity index (χ2v) is 5.00. The Morgan fingerprint density at radius 2 is 1.43 bits per heavy atom. The molecule has 5 nitrogen and oxygen atoms in total. The highest BCUT2D eigenvalue weighted by Crippen LogP contribution is 2.21. The van der Waals surface area contributed by atoms with Gasteiger partial charge < -0.3 is 0 Å². The van der Waals surface area contributed by atoms with E-state index in [0.717, 1.165) is 22.6 Å². The minimum atomic E-state index is 0.640. The van der Waals surface area contributed by atoms with E-state index in [1.807, 2.05) is 66.7 Å². The van der Waals surface area contributed by atoms with Gasteiger partial charge in [-0.05, 0) is 24.3 Å². The predicted molar refractivity (Wildman–Crippen MR) is 88.3 cm³/mol. The zero-order valence-electron chi connectivity index (χ0n) is 12.2. The van der Waals surface area contributed by atoms with E-state index < -0.39 is 0 Å². The topological polar surface area (TPSA) is 67.3 Å². The van der Waals surface area contributed by atoms with Gasteiger partial charge in [0.15, 0.2) is 11.6 Å². The van der Waals surface area contributed by atoms with Crippen LogP contribution >= 0.6 is 0 Å². The van der Waals surface area contributed by atoms with E-state index in [4.69, 9.17) is 0 Å². The van der Waals surface area contributed by atoms with Crippen LogP contribution in [-0.4, -0.2) is 25.1 Å². The van der Waals surface area contributed by atoms with Gasteiger partial charge in [0.25, 0.3) is 0 Å². The third-order valence-corrected chi connectivity index (χ3v) is 3.44. The Kier molecular flexibility index (Phi) is 3.37. The molecule has 23 heavy (non-hydrogen) atoms. The molecule has 0 bridgehead atoms. The first-order valence-corrected chi connectivity index (χ1v) is 7.27. The molecule has 0 aliphatic rings. The summed E-state index contributed by atoms with van der Waals surface area (Å²) in [4.78, 5) is 13.5. The lowest BCUT2D eigenvalue weighted by atomic mass is 10.2. The summed E-state index contributed by atoms with van der Waals surface area (Å²) < 4.78 is 0. The highest BCUT2D eigenvalue weighted by atomic mass is 15.2. The van der Waals surface area contributed by atoms with Crippen LogP contribution in [0.5, 0.6) is 0 Å². The summed E-state index contributed by atoms with van der Waals surface area (Å²) in [5.41, 5.74) is 3.34. The molecule has 0 aliphatic heterocycles. The molecule has 0 atom stereocenters. The van der Waals surface area contributed by atoms with Gasteiger partial charge in [0.1, 0.15) is 5.69 Å². The van der Waals surface area contributed by atoms with E-state index in [1.54, 1.807) is 6.20 Å². The maximum absolute atomic E-state index is 4.62. The normalized spacial score (nSPS) is 10.6. The lowest BCUT2D eigenvalue weighted by Gasteiger charge is -2.01. The molecule has 4 rings (SSSR count). The van der Waals surface area contributed by atoms with Crippen LogP contribution in [0.2, 0.25) is 0 Å². The molecule has 3 heterocycles. The molecule has 110 valence electrons. The molecule has 0 fully saturated rings. The molecular formula is C18H13N5. The summed E-state index contributed by atoms with van der Waals surface area (Å²) in [5, 5.41) is 7.23. The van der Waals surface area contributed by atoms with Gasteiger partial charge in [-0.1, -0.05) is 42.5 Å². The Morgan fingerprint density at radius 1 is 0.652 bits per heavy atom. The third kappa shape index (κ3) is 2.72. The van der Waals surface area contributed by atoms with E-state index in [0.29, 0.717) is 11.6 Å². The van der Waals surface area contributed by atoms with E-state index in [9.17, 15) is 0 Å². The van der Waals surface area contributed by atoms with Gasteiger partial charge in [-0.2, -0.15) is 5.10 Å². The van der Waals surface area contributed by atoms with Crippen molar-refractivity contribution in [3.05, 3.63) is 72.9 Å². The zero-order chi connectivity index (χ0) is 15.5. The Balaban J connectivity index is 1.71. The Morgan fingerprint density at radius 3 is 2.26 bits per heavy atom. The second-order valence-electron chi connectivity index (χ2n) is 5.00. The van der Waals surface area contributed by atoms with Crippen molar-refractivity contribution in [1.29, 1.82) is 0 Å². The molecule has 0 aliphatic carbocycles. The summed E-state index contributed by atoms with van der Waals surface area (Å²) in [6, 6.07) is 21.4. The minimum Gasteiger partial charge on any atom is -0.257 e. The summed E-state index contributed by atoms with van der Waals surface area (Å²) in [6.45, 7) is 0. The van der Waals surface area contributed by atoms with Crippen molar-refractivity contribution in [3.63, 3.8) is 0 Å². The summed E-state index contributed by atoms with van der Waals surface area (Å²) >= 11 is 0. The van der Waals surface area contributed by atoms with Gasteiger partial charge >= 0.3 is 0 Å². The molecule has 0 saturated carbocycles. The van der Waals surface area contributed by atoms with Gasteiger partial charge in [-0.3, -0.25) is 10.1 Å². The molecule has 1 N–H and O–H groups in total. The fraction of sp³-hybridized carbons (Fsp3) is 0. The number of pyridine rings is 2. The molecule has 0 amide bonds. The number of nitrogens with one attached hydrogen (secondary N) is 1. The van der Waals surface area contributed by atoms with Crippen LogP contribution in [0.3, 0.4) is 0 Å². The van der Waals surface area contributed by atoms with Gasteiger partial charge in [-0.25, -0.2) is 9.97 Å². The van der Waals surface area contributed by atoms with Gasteiger partial charge in [0, 0.05) is 11.8 Å². The van der Waals surface area contributed by atoms with E-state index in [-0.39, 0.29) is 0 Å². The highest BCUT2D eigenvalue weighted by Gasteiger charge is 2.10. The quantitative estimate of drug-likeness (QED) is 0.627. The number of rotatable bonds is 3. The third-order valence-electron chi connectivity index (χ3n) is 3.44. The lowest BCUT2D eigenvalue weighted by Crippen LogP contribution is -1.91. The van der Waals surface area contributed by atoms with Crippen molar-refractivity contribution in [3.8, 4) is 34.3 Å². The van der Waals surface area contributed by atoms with E-state index in [1.165, 1.54) is 0 Å². The van der Waals surface area contributed by atoms with Crippen molar-refractivity contribution in [2.24, 2.45) is 0 Å². The average Bonchev–Trinajstić information content (AvgIpc) is 3.14. The second kappa shape index (κ2) is 5.81. The first-order chi connectivity index (χ1) is 11.4. The SMILES string of the molecule is c1ccc(-c2n[nH]c(-c3cccc(-c4ccccn4)n3)n2)cc1. The fourth-order valence-corrected chi connectivity index (χ4v) is 2.32. The maximum Gasteiger partial charge on any atom is 0.181 e. The summed E-state index contributed by atoms with van der Waals surface area (Å²) in [5.74, 6) is 1.30. The van der Waals surface area contributed by atoms with Gasteiger partial charge in [0.05, 0.1) is 11.4 Å². The van der Waals surface area contributed by atoms with Crippen LogP contribution in [0.1, 0.15) is 0 Å². The van der Waals surface area contributed by atoms with Crippen molar-refractivity contribution in [2.75, 3.05) is 0 Å². The van der Waals surface area contributed by atoms with Crippen LogP contribution in [0.15, 0.2) is 72.9 Å². The molecule has 0 unspecified atom stereocenters. The Hall–Kier alpha value is -3.34. The van der Waals surface area contributed by atoms with Crippen molar-refractivity contribution >= 4 is 0 Å². The highest BCUT2D eigenvalue weighted by molar-refractivity contribution is 5.62. The molecule has 0 saturated heterocycles. The smallest absolute Gasteiger partial charge is 0.181 e. The monoisotopic (exact) mass is 299 g/mol.